The highest BCUT2D eigenvalue weighted by Gasteiger charge is 2.17. The highest BCUT2D eigenvalue weighted by Crippen LogP contribution is 2.17. The van der Waals surface area contributed by atoms with Gasteiger partial charge in [-0.2, -0.15) is 0 Å². The summed E-state index contributed by atoms with van der Waals surface area (Å²) in [4.78, 5) is 32.7. The van der Waals surface area contributed by atoms with Crippen molar-refractivity contribution in [2.45, 2.75) is 31.8 Å². The second kappa shape index (κ2) is 4.65. The second-order valence-electron chi connectivity index (χ2n) is 4.87. The number of nitrogens with zero attached hydrogens (tertiary/aromatic N) is 2. The van der Waals surface area contributed by atoms with Crippen molar-refractivity contribution in [3.05, 3.63) is 26.7 Å². The molecule has 1 unspecified atom stereocenters. The highest BCUT2D eigenvalue weighted by molar-refractivity contribution is 5.69. The van der Waals surface area contributed by atoms with E-state index in [9.17, 15) is 9.59 Å². The van der Waals surface area contributed by atoms with Crippen LogP contribution in [0.1, 0.15) is 25.1 Å². The average Bonchev–Trinajstić information content (AvgIpc) is 3.03. The summed E-state index contributed by atoms with van der Waals surface area (Å²) < 4.78 is 6.89. The van der Waals surface area contributed by atoms with Crippen molar-refractivity contribution in [1.29, 1.82) is 0 Å². The number of aromatic amines is 2. The maximum absolute atomic E-state index is 11.7. The quantitative estimate of drug-likeness (QED) is 0.820. The van der Waals surface area contributed by atoms with Crippen LogP contribution in [0.2, 0.25) is 0 Å². The van der Waals surface area contributed by atoms with E-state index in [0.717, 1.165) is 31.7 Å². The van der Waals surface area contributed by atoms with Gasteiger partial charge in [0, 0.05) is 20.1 Å². The molecule has 1 saturated heterocycles. The lowest BCUT2D eigenvalue weighted by Gasteiger charge is -2.06. The molecule has 0 bridgehead atoms. The lowest BCUT2D eigenvalue weighted by atomic mass is 10.1. The third kappa shape index (κ3) is 2.21. The van der Waals surface area contributed by atoms with E-state index in [-0.39, 0.29) is 6.10 Å². The predicted octanol–water partition coefficient (Wildman–Crippen LogP) is 0.0615. The van der Waals surface area contributed by atoms with Crippen LogP contribution in [0, 0.1) is 0 Å². The lowest BCUT2D eigenvalue weighted by Crippen LogP contribution is -2.28. The molecule has 19 heavy (non-hydrogen) atoms. The van der Waals surface area contributed by atoms with Crippen molar-refractivity contribution in [2.75, 3.05) is 6.61 Å². The first kappa shape index (κ1) is 12.2. The first-order chi connectivity index (χ1) is 9.15. The number of H-pyrrole nitrogens is 2. The van der Waals surface area contributed by atoms with E-state index >= 15 is 0 Å². The van der Waals surface area contributed by atoms with Gasteiger partial charge in [-0.25, -0.2) is 9.78 Å². The molecule has 0 spiro atoms. The average molecular weight is 264 g/mol. The smallest absolute Gasteiger partial charge is 0.329 e. The van der Waals surface area contributed by atoms with Crippen LogP contribution < -0.4 is 11.2 Å². The van der Waals surface area contributed by atoms with E-state index < -0.39 is 11.2 Å². The van der Waals surface area contributed by atoms with Gasteiger partial charge < -0.3 is 9.72 Å². The Labute approximate surface area is 108 Å². The fourth-order valence-electron chi connectivity index (χ4n) is 2.44. The molecule has 3 rings (SSSR count). The van der Waals surface area contributed by atoms with Gasteiger partial charge in [0.05, 0.1) is 6.10 Å². The molecule has 1 fully saturated rings. The number of imidazole rings is 1. The molecular weight excluding hydrogens is 248 g/mol. The van der Waals surface area contributed by atoms with Crippen LogP contribution in [0.25, 0.3) is 11.2 Å². The number of ether oxygens (including phenoxy) is 1. The standard InChI is InChI=1S/C12H16N4O3/c1-16-10-9(11(17)15-12(16)18)13-8(14-10)5-4-7-3-2-6-19-7/h7H,2-6H2,1H3,(H,13,14)(H,15,17,18). The van der Waals surface area contributed by atoms with Gasteiger partial charge in [-0.1, -0.05) is 0 Å². The maximum Gasteiger partial charge on any atom is 0.329 e. The van der Waals surface area contributed by atoms with Crippen LogP contribution in [0.4, 0.5) is 0 Å². The topological polar surface area (TPSA) is 92.8 Å². The first-order valence-corrected chi connectivity index (χ1v) is 6.44. The summed E-state index contributed by atoms with van der Waals surface area (Å²) in [6, 6.07) is 0. The van der Waals surface area contributed by atoms with Crippen LogP contribution in [-0.2, 0) is 18.2 Å². The molecule has 2 aromatic heterocycles. The summed E-state index contributed by atoms with van der Waals surface area (Å²) in [5, 5.41) is 0. The molecular formula is C12H16N4O3. The van der Waals surface area contributed by atoms with E-state index in [2.05, 4.69) is 15.0 Å². The van der Waals surface area contributed by atoms with Crippen molar-refractivity contribution >= 4 is 11.2 Å². The molecule has 2 N–H and O–H groups in total. The van der Waals surface area contributed by atoms with Crippen LogP contribution in [0.3, 0.4) is 0 Å². The van der Waals surface area contributed by atoms with Gasteiger partial charge in [0.25, 0.3) is 5.56 Å². The summed E-state index contributed by atoms with van der Waals surface area (Å²) in [5.41, 5.74) is -0.121. The first-order valence-electron chi connectivity index (χ1n) is 6.44. The Balaban J connectivity index is 1.89. The Bertz CT molecular complexity index is 706. The third-order valence-electron chi connectivity index (χ3n) is 3.53. The Morgan fingerprint density at radius 3 is 3.00 bits per heavy atom. The van der Waals surface area contributed by atoms with E-state index in [1.54, 1.807) is 7.05 Å². The number of aromatic nitrogens is 4. The molecule has 1 aliphatic rings. The summed E-state index contributed by atoms with van der Waals surface area (Å²) >= 11 is 0. The Morgan fingerprint density at radius 1 is 1.42 bits per heavy atom. The highest BCUT2D eigenvalue weighted by atomic mass is 16.5. The van der Waals surface area contributed by atoms with Gasteiger partial charge in [0.15, 0.2) is 5.65 Å². The van der Waals surface area contributed by atoms with Gasteiger partial charge >= 0.3 is 5.69 Å². The molecule has 0 aliphatic carbocycles. The van der Waals surface area contributed by atoms with Gasteiger partial charge in [-0.15, -0.1) is 0 Å². The van der Waals surface area contributed by atoms with Gasteiger partial charge in [-0.3, -0.25) is 14.3 Å². The monoisotopic (exact) mass is 264 g/mol. The largest absolute Gasteiger partial charge is 0.378 e. The minimum atomic E-state index is -0.449. The number of hydrogen-bond donors (Lipinski definition) is 2. The van der Waals surface area contributed by atoms with E-state index in [1.165, 1.54) is 4.57 Å². The zero-order valence-corrected chi connectivity index (χ0v) is 10.7. The van der Waals surface area contributed by atoms with Crippen molar-refractivity contribution in [3.8, 4) is 0 Å². The molecule has 1 aliphatic heterocycles. The minimum absolute atomic E-state index is 0.287. The molecule has 0 amide bonds. The molecule has 7 nitrogen and oxygen atoms in total. The summed E-state index contributed by atoms with van der Waals surface area (Å²) in [6.07, 6.45) is 4.08. The molecule has 7 heteroatoms. The molecule has 1 atom stereocenters. The summed E-state index contributed by atoms with van der Waals surface area (Å²) in [7, 11) is 1.59. The number of rotatable bonds is 3. The Morgan fingerprint density at radius 2 is 2.26 bits per heavy atom. The van der Waals surface area contributed by atoms with E-state index in [4.69, 9.17) is 4.74 Å². The number of aryl methyl sites for hydroxylation is 2. The predicted molar refractivity (Wildman–Crippen MR) is 69.3 cm³/mol. The zero-order valence-electron chi connectivity index (χ0n) is 10.7. The molecule has 3 heterocycles. The van der Waals surface area contributed by atoms with Crippen LogP contribution in [0.5, 0.6) is 0 Å². The van der Waals surface area contributed by atoms with Crippen molar-refractivity contribution in [2.24, 2.45) is 7.05 Å². The minimum Gasteiger partial charge on any atom is -0.378 e. The molecule has 0 radical (unpaired) electrons. The third-order valence-corrected chi connectivity index (χ3v) is 3.53. The SMILES string of the molecule is Cn1c(=O)[nH]c(=O)c2[nH]c(CCC3CCCO3)nc21. The molecule has 0 aromatic carbocycles. The Hall–Kier alpha value is -1.89. The fraction of sp³-hybridized carbons (Fsp3) is 0.583. The van der Waals surface area contributed by atoms with Gasteiger partial charge in [-0.05, 0) is 19.3 Å². The molecule has 0 saturated carbocycles. The van der Waals surface area contributed by atoms with Crippen LogP contribution in [0.15, 0.2) is 9.59 Å². The van der Waals surface area contributed by atoms with Crippen LogP contribution in [-0.4, -0.2) is 32.2 Å². The van der Waals surface area contributed by atoms with Gasteiger partial charge in [0.2, 0.25) is 0 Å². The number of hydrogen-bond acceptors (Lipinski definition) is 4. The summed E-state index contributed by atoms with van der Waals surface area (Å²) in [6.45, 7) is 0.832. The fourth-order valence-corrected chi connectivity index (χ4v) is 2.44. The molecule has 2 aromatic rings. The molecule has 102 valence electrons. The van der Waals surface area contributed by atoms with Crippen molar-refractivity contribution in [3.63, 3.8) is 0 Å². The normalized spacial score (nSPS) is 19.3. The van der Waals surface area contributed by atoms with Crippen molar-refractivity contribution < 1.29 is 4.74 Å². The number of nitrogens with one attached hydrogen (secondary N) is 2. The second-order valence-corrected chi connectivity index (χ2v) is 4.87. The maximum atomic E-state index is 11.7. The number of fused-ring (bicyclic) bond motifs is 1. The van der Waals surface area contributed by atoms with Gasteiger partial charge in [0.1, 0.15) is 11.3 Å². The lowest BCUT2D eigenvalue weighted by molar-refractivity contribution is 0.104. The van der Waals surface area contributed by atoms with E-state index in [0.29, 0.717) is 17.6 Å². The van der Waals surface area contributed by atoms with E-state index in [1.807, 2.05) is 0 Å². The summed E-state index contributed by atoms with van der Waals surface area (Å²) in [5.74, 6) is 0.720. The van der Waals surface area contributed by atoms with Crippen molar-refractivity contribution in [1.82, 2.24) is 19.5 Å². The zero-order chi connectivity index (χ0) is 13.4. The van der Waals surface area contributed by atoms with Crippen LogP contribution >= 0.6 is 0 Å². The Kier molecular flexibility index (Phi) is 2.98.